The van der Waals surface area contributed by atoms with Gasteiger partial charge in [0.1, 0.15) is 12.4 Å². The van der Waals surface area contributed by atoms with Gasteiger partial charge in [-0.25, -0.2) is 4.79 Å². The van der Waals surface area contributed by atoms with Crippen LogP contribution in [0.5, 0.6) is 0 Å². The topological polar surface area (TPSA) is 122 Å². The molecule has 8 heteroatoms. The molecule has 18 heavy (non-hydrogen) atoms. The van der Waals surface area contributed by atoms with Crippen LogP contribution in [0.3, 0.4) is 0 Å². The SMILES string of the molecule is O=C[C@H]1[C@@H](O)[C@H](n2ccc(=O)[nH]c2=O)O[C@@H]1CO. The van der Waals surface area contributed by atoms with Crippen LogP contribution in [-0.4, -0.2) is 44.9 Å². The average Bonchev–Trinajstić information content (AvgIpc) is 2.66. The van der Waals surface area contributed by atoms with E-state index in [9.17, 15) is 19.5 Å². The van der Waals surface area contributed by atoms with E-state index >= 15 is 0 Å². The number of carbonyl (C=O) groups excluding carboxylic acids is 1. The highest BCUT2D eigenvalue weighted by atomic mass is 16.5. The highest BCUT2D eigenvalue weighted by Crippen LogP contribution is 2.31. The first-order chi connectivity index (χ1) is 8.58. The molecule has 0 aliphatic carbocycles. The lowest BCUT2D eigenvalue weighted by Crippen LogP contribution is -2.36. The molecular weight excluding hydrogens is 244 g/mol. The number of aliphatic hydroxyl groups excluding tert-OH is 2. The van der Waals surface area contributed by atoms with Crippen molar-refractivity contribution in [1.82, 2.24) is 9.55 Å². The predicted octanol–water partition coefficient (Wildman–Crippen LogP) is -2.40. The number of carbonyl (C=O) groups is 1. The smallest absolute Gasteiger partial charge is 0.330 e. The van der Waals surface area contributed by atoms with Gasteiger partial charge in [0.05, 0.1) is 18.6 Å². The first kappa shape index (κ1) is 12.7. The van der Waals surface area contributed by atoms with Crippen molar-refractivity contribution in [1.29, 1.82) is 0 Å². The fourth-order valence-electron chi connectivity index (χ4n) is 1.95. The quantitative estimate of drug-likeness (QED) is 0.518. The van der Waals surface area contributed by atoms with Crippen molar-refractivity contribution in [3.8, 4) is 0 Å². The lowest BCUT2D eigenvalue weighted by molar-refractivity contribution is -0.115. The molecule has 1 fully saturated rings. The Morgan fingerprint density at radius 1 is 1.50 bits per heavy atom. The fraction of sp³-hybridized carbons (Fsp3) is 0.500. The van der Waals surface area contributed by atoms with Gasteiger partial charge < -0.3 is 19.7 Å². The molecule has 1 aromatic heterocycles. The number of nitrogens with one attached hydrogen (secondary N) is 1. The molecule has 3 N–H and O–H groups in total. The van der Waals surface area contributed by atoms with Gasteiger partial charge in [0.25, 0.3) is 5.56 Å². The van der Waals surface area contributed by atoms with E-state index in [0.29, 0.717) is 6.29 Å². The first-order valence-corrected chi connectivity index (χ1v) is 5.29. The van der Waals surface area contributed by atoms with Crippen molar-refractivity contribution in [2.75, 3.05) is 6.61 Å². The zero-order chi connectivity index (χ0) is 13.3. The largest absolute Gasteiger partial charge is 0.394 e. The molecule has 1 saturated heterocycles. The Morgan fingerprint density at radius 2 is 2.22 bits per heavy atom. The van der Waals surface area contributed by atoms with E-state index in [4.69, 9.17) is 9.84 Å². The minimum Gasteiger partial charge on any atom is -0.394 e. The number of nitrogens with zero attached hydrogens (tertiary/aromatic N) is 1. The maximum absolute atomic E-state index is 11.5. The Labute approximate surface area is 100 Å². The Morgan fingerprint density at radius 3 is 2.72 bits per heavy atom. The zero-order valence-corrected chi connectivity index (χ0v) is 9.22. The van der Waals surface area contributed by atoms with E-state index in [2.05, 4.69) is 0 Å². The minimum atomic E-state index is -1.26. The van der Waals surface area contributed by atoms with E-state index in [1.165, 1.54) is 0 Å². The zero-order valence-electron chi connectivity index (χ0n) is 9.22. The van der Waals surface area contributed by atoms with Crippen LogP contribution in [0.4, 0.5) is 0 Å². The van der Waals surface area contributed by atoms with E-state index in [1.54, 1.807) is 0 Å². The predicted molar refractivity (Wildman–Crippen MR) is 57.9 cm³/mol. The molecule has 0 radical (unpaired) electrons. The molecule has 0 bridgehead atoms. The number of hydrogen-bond donors (Lipinski definition) is 3. The van der Waals surface area contributed by atoms with Crippen molar-refractivity contribution in [2.45, 2.75) is 18.4 Å². The third kappa shape index (κ3) is 2.01. The standard InChI is InChI=1S/C10H12N2O6/c13-3-5-6(4-14)18-9(8(5)16)12-2-1-7(15)11-10(12)17/h1-3,5-6,8-9,14,16H,4H2,(H,11,15,17)/t5-,6-,8-,9-/m1/s1. The Bertz CT molecular complexity index is 550. The molecule has 2 heterocycles. The molecular formula is C10H12N2O6. The molecule has 0 unspecified atom stereocenters. The van der Waals surface area contributed by atoms with E-state index in [-0.39, 0.29) is 0 Å². The maximum Gasteiger partial charge on any atom is 0.330 e. The summed E-state index contributed by atoms with van der Waals surface area (Å²) < 4.78 is 6.21. The molecule has 0 spiro atoms. The summed E-state index contributed by atoms with van der Waals surface area (Å²) >= 11 is 0. The highest BCUT2D eigenvalue weighted by molar-refractivity contribution is 5.56. The van der Waals surface area contributed by atoms with Gasteiger partial charge in [-0.1, -0.05) is 0 Å². The second-order valence-electron chi connectivity index (χ2n) is 3.97. The van der Waals surface area contributed by atoms with Gasteiger partial charge in [0, 0.05) is 12.3 Å². The second-order valence-corrected chi connectivity index (χ2v) is 3.97. The number of hydrogen-bond acceptors (Lipinski definition) is 6. The van der Waals surface area contributed by atoms with E-state index < -0.39 is 42.2 Å². The molecule has 1 aromatic rings. The van der Waals surface area contributed by atoms with Gasteiger partial charge in [-0.05, 0) is 0 Å². The van der Waals surface area contributed by atoms with Crippen LogP contribution >= 0.6 is 0 Å². The number of aldehydes is 1. The summed E-state index contributed by atoms with van der Waals surface area (Å²) in [5, 5.41) is 18.9. The Kier molecular flexibility index (Phi) is 3.41. The molecule has 2 rings (SSSR count). The summed E-state index contributed by atoms with van der Waals surface area (Å²) in [5.74, 6) is -0.918. The van der Waals surface area contributed by atoms with Crippen LogP contribution in [0.25, 0.3) is 0 Å². The number of ether oxygens (including phenoxy) is 1. The fourth-order valence-corrected chi connectivity index (χ4v) is 1.95. The molecule has 8 nitrogen and oxygen atoms in total. The van der Waals surface area contributed by atoms with Gasteiger partial charge in [-0.15, -0.1) is 0 Å². The number of aromatic amines is 1. The van der Waals surface area contributed by atoms with Gasteiger partial charge in [-0.2, -0.15) is 0 Å². The second kappa shape index (κ2) is 4.84. The molecule has 0 saturated carbocycles. The van der Waals surface area contributed by atoms with Crippen molar-refractivity contribution in [3.05, 3.63) is 33.1 Å². The van der Waals surface area contributed by atoms with E-state index in [1.807, 2.05) is 4.98 Å². The third-order valence-corrected chi connectivity index (χ3v) is 2.89. The van der Waals surface area contributed by atoms with Crippen LogP contribution in [0.1, 0.15) is 6.23 Å². The lowest BCUT2D eigenvalue weighted by Gasteiger charge is -2.16. The maximum atomic E-state index is 11.5. The van der Waals surface area contributed by atoms with Crippen molar-refractivity contribution >= 4 is 6.29 Å². The molecule has 4 atom stereocenters. The summed E-state index contributed by atoms with van der Waals surface area (Å²) in [7, 11) is 0. The van der Waals surface area contributed by atoms with Crippen LogP contribution in [0.2, 0.25) is 0 Å². The number of rotatable bonds is 3. The normalized spacial score (nSPS) is 31.4. The molecule has 1 aliphatic heterocycles. The van der Waals surface area contributed by atoms with Crippen molar-refractivity contribution < 1.29 is 19.7 Å². The first-order valence-electron chi connectivity index (χ1n) is 5.29. The van der Waals surface area contributed by atoms with E-state index in [0.717, 1.165) is 16.8 Å². The summed E-state index contributed by atoms with van der Waals surface area (Å²) in [6.45, 7) is -0.449. The van der Waals surface area contributed by atoms with Crippen LogP contribution in [-0.2, 0) is 9.53 Å². The number of aliphatic hydroxyl groups is 2. The van der Waals surface area contributed by atoms with Crippen LogP contribution in [0.15, 0.2) is 21.9 Å². The monoisotopic (exact) mass is 256 g/mol. The Hall–Kier alpha value is -1.77. The van der Waals surface area contributed by atoms with Gasteiger partial charge in [-0.3, -0.25) is 14.3 Å². The summed E-state index contributed by atoms with van der Waals surface area (Å²) in [6.07, 6.45) is -1.61. The van der Waals surface area contributed by atoms with Crippen LogP contribution in [0, 0.1) is 5.92 Å². The molecule has 1 aliphatic rings. The number of aromatic nitrogens is 2. The highest BCUT2D eigenvalue weighted by Gasteiger charge is 2.44. The van der Waals surface area contributed by atoms with Gasteiger partial charge in [0.2, 0.25) is 0 Å². The molecule has 98 valence electrons. The van der Waals surface area contributed by atoms with Gasteiger partial charge in [0.15, 0.2) is 6.23 Å². The summed E-state index contributed by atoms with van der Waals surface area (Å²) in [5.41, 5.74) is -1.33. The Balaban J connectivity index is 2.37. The van der Waals surface area contributed by atoms with Crippen molar-refractivity contribution in [2.24, 2.45) is 5.92 Å². The van der Waals surface area contributed by atoms with Crippen LogP contribution < -0.4 is 11.2 Å². The lowest BCUT2D eigenvalue weighted by atomic mass is 10.0. The molecule has 0 aromatic carbocycles. The average molecular weight is 256 g/mol. The molecule has 0 amide bonds. The third-order valence-electron chi connectivity index (χ3n) is 2.89. The van der Waals surface area contributed by atoms with Gasteiger partial charge >= 0.3 is 5.69 Å². The number of H-pyrrole nitrogens is 1. The van der Waals surface area contributed by atoms with Crippen molar-refractivity contribution in [3.63, 3.8) is 0 Å². The summed E-state index contributed by atoms with van der Waals surface area (Å²) in [4.78, 5) is 35.3. The summed E-state index contributed by atoms with van der Waals surface area (Å²) in [6, 6.07) is 1.10. The minimum absolute atomic E-state index is 0.449.